The summed E-state index contributed by atoms with van der Waals surface area (Å²) < 4.78 is 32.5. The highest BCUT2D eigenvalue weighted by atomic mass is 35.5. The van der Waals surface area contributed by atoms with Crippen LogP contribution in [0.5, 0.6) is 5.75 Å². The first-order valence-electron chi connectivity index (χ1n) is 14.3. The molecular formula is C32H37Cl2N3O5S. The zero-order valence-corrected chi connectivity index (χ0v) is 26.7. The Hall–Kier alpha value is -3.27. The lowest BCUT2D eigenvalue weighted by Gasteiger charge is -2.34. The van der Waals surface area contributed by atoms with Gasteiger partial charge in [-0.1, -0.05) is 72.4 Å². The Bertz CT molecular complexity index is 1500. The lowest BCUT2D eigenvalue weighted by Crippen LogP contribution is -2.54. The van der Waals surface area contributed by atoms with E-state index in [0.29, 0.717) is 33.7 Å². The van der Waals surface area contributed by atoms with Gasteiger partial charge in [0.15, 0.2) is 0 Å². The number of carbonyl (C=O) groups is 2. The van der Waals surface area contributed by atoms with Gasteiger partial charge in [0, 0.05) is 19.0 Å². The molecule has 1 aliphatic rings. The van der Waals surface area contributed by atoms with Crippen LogP contribution < -0.4 is 14.4 Å². The Morgan fingerprint density at radius 2 is 1.63 bits per heavy atom. The van der Waals surface area contributed by atoms with Gasteiger partial charge in [0.25, 0.3) is 0 Å². The van der Waals surface area contributed by atoms with Crippen molar-refractivity contribution in [2.45, 2.75) is 57.7 Å². The first kappa shape index (κ1) is 32.6. The Kier molecular flexibility index (Phi) is 11.3. The average molecular weight is 647 g/mol. The standard InChI is InChI=1S/C32H37Cl2N3O5S/c1-3-42-27-16-14-26(15-17-27)37(43(2,40)41)22-31(38)36(21-24-13-18-28(33)29(34)19-24)30(20-23-9-5-4-6-10-23)32(39)35-25-11-7-8-12-25/h4-6,9-10,13-19,25,30H,3,7-8,11-12,20-22H2,1-2H3,(H,35,39). The smallest absolute Gasteiger partial charge is 0.244 e. The monoisotopic (exact) mass is 645 g/mol. The SMILES string of the molecule is CCOc1ccc(N(CC(=O)N(Cc2ccc(Cl)c(Cl)c2)C(Cc2ccccc2)C(=O)NC2CCCC2)S(C)(=O)=O)cc1. The molecule has 0 aromatic heterocycles. The van der Waals surface area contributed by atoms with Crippen molar-refractivity contribution in [2.75, 3.05) is 23.7 Å². The second kappa shape index (κ2) is 14.9. The van der Waals surface area contributed by atoms with Crippen molar-refractivity contribution in [1.29, 1.82) is 0 Å². The number of carbonyl (C=O) groups excluding carboxylic acids is 2. The van der Waals surface area contributed by atoms with E-state index in [0.717, 1.165) is 41.8 Å². The average Bonchev–Trinajstić information content (AvgIpc) is 3.49. The van der Waals surface area contributed by atoms with Gasteiger partial charge in [-0.25, -0.2) is 8.42 Å². The first-order chi connectivity index (χ1) is 20.5. The number of hydrogen-bond donors (Lipinski definition) is 1. The van der Waals surface area contributed by atoms with Gasteiger partial charge in [-0.05, 0) is 67.3 Å². The van der Waals surface area contributed by atoms with Crippen molar-refractivity contribution in [3.8, 4) is 5.75 Å². The van der Waals surface area contributed by atoms with Crippen LogP contribution in [0.15, 0.2) is 72.8 Å². The molecule has 3 aromatic carbocycles. The highest BCUT2D eigenvalue weighted by molar-refractivity contribution is 7.92. The number of nitrogens with one attached hydrogen (secondary N) is 1. The summed E-state index contributed by atoms with van der Waals surface area (Å²) in [5.74, 6) is -0.234. The number of rotatable bonds is 13. The Morgan fingerprint density at radius 3 is 2.23 bits per heavy atom. The highest BCUT2D eigenvalue weighted by Gasteiger charge is 2.34. The van der Waals surface area contributed by atoms with E-state index in [4.69, 9.17) is 27.9 Å². The van der Waals surface area contributed by atoms with Gasteiger partial charge in [-0.2, -0.15) is 0 Å². The third-order valence-electron chi connectivity index (χ3n) is 7.42. The Labute approximate surface area is 264 Å². The predicted molar refractivity (Wildman–Crippen MR) is 171 cm³/mol. The van der Waals surface area contributed by atoms with Crippen LogP contribution in [-0.4, -0.2) is 56.6 Å². The molecule has 1 aliphatic carbocycles. The summed E-state index contributed by atoms with van der Waals surface area (Å²) in [6.45, 7) is 1.83. The molecule has 0 heterocycles. The maximum Gasteiger partial charge on any atom is 0.244 e. The largest absolute Gasteiger partial charge is 0.494 e. The first-order valence-corrected chi connectivity index (χ1v) is 16.9. The summed E-state index contributed by atoms with van der Waals surface area (Å²) in [5, 5.41) is 3.82. The molecule has 1 unspecified atom stereocenters. The summed E-state index contributed by atoms with van der Waals surface area (Å²) in [4.78, 5) is 29.6. The minimum Gasteiger partial charge on any atom is -0.494 e. The van der Waals surface area contributed by atoms with E-state index in [-0.39, 0.29) is 24.9 Å². The molecule has 0 bridgehead atoms. The van der Waals surface area contributed by atoms with Gasteiger partial charge < -0.3 is 15.0 Å². The van der Waals surface area contributed by atoms with E-state index in [1.165, 1.54) is 4.90 Å². The molecule has 1 N–H and O–H groups in total. The van der Waals surface area contributed by atoms with Crippen LogP contribution in [0, 0.1) is 0 Å². The van der Waals surface area contributed by atoms with Crippen LogP contribution in [0.2, 0.25) is 10.0 Å². The summed E-state index contributed by atoms with van der Waals surface area (Å²) in [5.41, 5.74) is 1.83. The predicted octanol–water partition coefficient (Wildman–Crippen LogP) is 5.86. The third kappa shape index (κ3) is 9.11. The molecule has 1 fully saturated rings. The molecule has 0 saturated heterocycles. The van der Waals surface area contributed by atoms with Crippen molar-refractivity contribution in [3.05, 3.63) is 94.0 Å². The van der Waals surface area contributed by atoms with Gasteiger partial charge in [-0.3, -0.25) is 13.9 Å². The molecule has 230 valence electrons. The fourth-order valence-electron chi connectivity index (χ4n) is 5.25. The van der Waals surface area contributed by atoms with Gasteiger partial charge in [0.2, 0.25) is 21.8 Å². The summed E-state index contributed by atoms with van der Waals surface area (Å²) >= 11 is 12.5. The lowest BCUT2D eigenvalue weighted by molar-refractivity contribution is -0.140. The van der Waals surface area contributed by atoms with Gasteiger partial charge in [-0.15, -0.1) is 0 Å². The second-order valence-corrected chi connectivity index (χ2v) is 13.4. The number of benzene rings is 3. The molecule has 8 nitrogen and oxygen atoms in total. The van der Waals surface area contributed by atoms with E-state index in [1.807, 2.05) is 37.3 Å². The van der Waals surface area contributed by atoms with Gasteiger partial charge in [0.05, 0.1) is 28.6 Å². The zero-order chi connectivity index (χ0) is 31.0. The van der Waals surface area contributed by atoms with Crippen molar-refractivity contribution < 1.29 is 22.7 Å². The van der Waals surface area contributed by atoms with Crippen molar-refractivity contribution in [3.63, 3.8) is 0 Å². The lowest BCUT2D eigenvalue weighted by atomic mass is 10.0. The van der Waals surface area contributed by atoms with Crippen molar-refractivity contribution >= 4 is 50.7 Å². The molecule has 1 saturated carbocycles. The highest BCUT2D eigenvalue weighted by Crippen LogP contribution is 2.26. The normalized spacial score (nSPS) is 14.2. The maximum atomic E-state index is 14.2. The van der Waals surface area contributed by atoms with Gasteiger partial charge in [0.1, 0.15) is 18.3 Å². The van der Waals surface area contributed by atoms with Crippen LogP contribution in [0.3, 0.4) is 0 Å². The van der Waals surface area contributed by atoms with E-state index < -0.39 is 28.5 Å². The number of nitrogens with zero attached hydrogens (tertiary/aromatic N) is 2. The third-order valence-corrected chi connectivity index (χ3v) is 9.30. The molecule has 4 rings (SSSR count). The van der Waals surface area contributed by atoms with Crippen molar-refractivity contribution in [1.82, 2.24) is 10.2 Å². The molecule has 1 atom stereocenters. The zero-order valence-electron chi connectivity index (χ0n) is 24.3. The summed E-state index contributed by atoms with van der Waals surface area (Å²) in [6.07, 6.45) is 5.12. The maximum absolute atomic E-state index is 14.2. The Balaban J connectivity index is 1.72. The summed E-state index contributed by atoms with van der Waals surface area (Å²) in [6, 6.07) is 20.1. The number of anilines is 1. The second-order valence-electron chi connectivity index (χ2n) is 10.7. The molecule has 0 aliphatic heterocycles. The van der Waals surface area contributed by atoms with E-state index in [2.05, 4.69) is 5.32 Å². The molecule has 3 aromatic rings. The molecule has 11 heteroatoms. The van der Waals surface area contributed by atoms with Crippen LogP contribution in [0.4, 0.5) is 5.69 Å². The van der Waals surface area contributed by atoms with Gasteiger partial charge >= 0.3 is 0 Å². The summed E-state index contributed by atoms with van der Waals surface area (Å²) in [7, 11) is -3.87. The number of hydrogen-bond acceptors (Lipinski definition) is 5. The van der Waals surface area contributed by atoms with Crippen LogP contribution in [0.25, 0.3) is 0 Å². The molecule has 0 spiro atoms. The van der Waals surface area contributed by atoms with E-state index in [1.54, 1.807) is 42.5 Å². The topological polar surface area (TPSA) is 96.0 Å². The number of sulfonamides is 1. The fraction of sp³-hybridized carbons (Fsp3) is 0.375. The molecule has 43 heavy (non-hydrogen) atoms. The van der Waals surface area contributed by atoms with Crippen molar-refractivity contribution in [2.24, 2.45) is 0 Å². The van der Waals surface area contributed by atoms with E-state index >= 15 is 0 Å². The number of amides is 2. The van der Waals surface area contributed by atoms with Crippen LogP contribution in [0.1, 0.15) is 43.7 Å². The molecule has 2 amide bonds. The van der Waals surface area contributed by atoms with Crippen LogP contribution in [-0.2, 0) is 32.6 Å². The van der Waals surface area contributed by atoms with E-state index in [9.17, 15) is 18.0 Å². The number of halogens is 2. The molecular weight excluding hydrogens is 609 g/mol. The Morgan fingerprint density at radius 1 is 0.953 bits per heavy atom. The molecule has 0 radical (unpaired) electrons. The number of ether oxygens (including phenoxy) is 1. The van der Waals surface area contributed by atoms with Crippen LogP contribution >= 0.6 is 23.2 Å². The minimum absolute atomic E-state index is 0.0200. The quantitative estimate of drug-likeness (QED) is 0.251. The fourth-order valence-corrected chi connectivity index (χ4v) is 6.42. The minimum atomic E-state index is -3.87.